The average Bonchev–Trinajstić information content (AvgIpc) is 2.71. The van der Waals surface area contributed by atoms with Crippen molar-refractivity contribution >= 4 is 34.2 Å². The van der Waals surface area contributed by atoms with E-state index in [4.69, 9.17) is 11.6 Å². The largest absolute Gasteiger partial charge is 0.334 e. The monoisotopic (exact) mass is 272 g/mol. The maximum absolute atomic E-state index is 12.9. The fourth-order valence-corrected chi connectivity index (χ4v) is 2.75. The van der Waals surface area contributed by atoms with Crippen LogP contribution in [0.3, 0.4) is 0 Å². The third kappa shape index (κ3) is 3.13. The highest BCUT2D eigenvalue weighted by Crippen LogP contribution is 2.30. The zero-order valence-corrected chi connectivity index (χ0v) is 11.3. The molecule has 1 aromatic carbocycles. The molecule has 5 heteroatoms. The second kappa shape index (κ2) is 5.27. The van der Waals surface area contributed by atoms with E-state index < -0.39 is 0 Å². The zero-order valence-electron chi connectivity index (χ0n) is 9.71. The topological polar surface area (TPSA) is 24.4 Å². The molecule has 1 aliphatic rings. The van der Waals surface area contributed by atoms with Gasteiger partial charge in [-0.3, -0.25) is 4.99 Å². The summed E-state index contributed by atoms with van der Waals surface area (Å²) in [7, 11) is 0. The highest BCUT2D eigenvalue weighted by atomic mass is 35.5. The molecule has 2 nitrogen and oxygen atoms in total. The zero-order chi connectivity index (χ0) is 12.4. The number of hydrogen-bond acceptors (Lipinski definition) is 3. The first-order valence-electron chi connectivity index (χ1n) is 5.49. The van der Waals surface area contributed by atoms with Crippen LogP contribution in [0.25, 0.3) is 0 Å². The van der Waals surface area contributed by atoms with Crippen molar-refractivity contribution in [1.82, 2.24) is 0 Å². The van der Waals surface area contributed by atoms with E-state index in [0.717, 1.165) is 11.7 Å². The number of benzene rings is 1. The van der Waals surface area contributed by atoms with Gasteiger partial charge in [-0.1, -0.05) is 37.2 Å². The summed E-state index contributed by atoms with van der Waals surface area (Å²) in [5.74, 6) is 0.258. The number of nitrogens with one attached hydrogen (secondary N) is 1. The smallest absolute Gasteiger partial charge is 0.161 e. The van der Waals surface area contributed by atoms with Gasteiger partial charge in [-0.15, -0.1) is 0 Å². The van der Waals surface area contributed by atoms with Crippen LogP contribution in [0.4, 0.5) is 10.1 Å². The number of amidine groups is 1. The molecule has 1 N–H and O–H groups in total. The molecule has 0 aliphatic carbocycles. The van der Waals surface area contributed by atoms with Gasteiger partial charge in [0, 0.05) is 5.25 Å². The van der Waals surface area contributed by atoms with Crippen LogP contribution in [0.1, 0.15) is 13.8 Å². The minimum absolute atomic E-state index is 0.332. The highest BCUT2D eigenvalue weighted by molar-refractivity contribution is 8.15. The molecule has 0 saturated carbocycles. The predicted molar refractivity (Wildman–Crippen MR) is 73.6 cm³/mol. The van der Waals surface area contributed by atoms with Crippen molar-refractivity contribution in [3.05, 3.63) is 29.0 Å². The molecule has 17 heavy (non-hydrogen) atoms. The van der Waals surface area contributed by atoms with Gasteiger partial charge in [0.25, 0.3) is 0 Å². The summed E-state index contributed by atoms with van der Waals surface area (Å²) in [6, 6.07) is 4.31. The first kappa shape index (κ1) is 12.7. The SMILES string of the molecule is CC(C)C1CN=C(Nc2ccc(F)cc2Cl)S1. The summed E-state index contributed by atoms with van der Waals surface area (Å²) in [4.78, 5) is 4.41. The normalized spacial score (nSPS) is 19.6. The van der Waals surface area contributed by atoms with Crippen molar-refractivity contribution < 1.29 is 4.39 Å². The lowest BCUT2D eigenvalue weighted by atomic mass is 10.1. The summed E-state index contributed by atoms with van der Waals surface area (Å²) < 4.78 is 12.9. The molecule has 0 bridgehead atoms. The van der Waals surface area contributed by atoms with Crippen LogP contribution < -0.4 is 5.32 Å². The molecule has 1 unspecified atom stereocenters. The predicted octanol–water partition coefficient (Wildman–Crippen LogP) is 4.02. The van der Waals surface area contributed by atoms with E-state index in [1.807, 2.05) is 0 Å². The Morgan fingerprint density at radius 1 is 1.53 bits per heavy atom. The maximum atomic E-state index is 12.9. The number of hydrogen-bond donors (Lipinski definition) is 1. The Morgan fingerprint density at radius 2 is 2.29 bits per heavy atom. The van der Waals surface area contributed by atoms with Crippen LogP contribution in [0.2, 0.25) is 5.02 Å². The van der Waals surface area contributed by atoms with Gasteiger partial charge >= 0.3 is 0 Å². The molecule has 1 aliphatic heterocycles. The third-order valence-corrected chi connectivity index (χ3v) is 4.36. The average molecular weight is 273 g/mol. The van der Waals surface area contributed by atoms with E-state index >= 15 is 0 Å². The van der Waals surface area contributed by atoms with Gasteiger partial charge in [-0.2, -0.15) is 0 Å². The Balaban J connectivity index is 2.03. The lowest BCUT2D eigenvalue weighted by Crippen LogP contribution is -2.13. The molecule has 2 rings (SSSR count). The van der Waals surface area contributed by atoms with E-state index in [1.165, 1.54) is 12.1 Å². The molecule has 92 valence electrons. The molecule has 1 heterocycles. The van der Waals surface area contributed by atoms with Gasteiger partial charge in [0.05, 0.1) is 17.3 Å². The summed E-state index contributed by atoms with van der Waals surface area (Å²) in [5, 5.41) is 4.88. The number of nitrogens with zero attached hydrogens (tertiary/aromatic N) is 1. The van der Waals surface area contributed by atoms with Gasteiger partial charge in [0.1, 0.15) is 5.82 Å². The van der Waals surface area contributed by atoms with Gasteiger partial charge in [0.15, 0.2) is 5.17 Å². The minimum Gasteiger partial charge on any atom is -0.334 e. The molecule has 0 aromatic heterocycles. The van der Waals surface area contributed by atoms with Gasteiger partial charge in [0.2, 0.25) is 0 Å². The fourth-order valence-electron chi connectivity index (χ4n) is 1.51. The van der Waals surface area contributed by atoms with E-state index in [1.54, 1.807) is 17.8 Å². The van der Waals surface area contributed by atoms with E-state index in [0.29, 0.717) is 21.9 Å². The molecular formula is C12H14ClFN2S. The van der Waals surface area contributed by atoms with Crippen LogP contribution in [0.15, 0.2) is 23.2 Å². The first-order valence-corrected chi connectivity index (χ1v) is 6.75. The van der Waals surface area contributed by atoms with E-state index in [2.05, 4.69) is 24.2 Å². The van der Waals surface area contributed by atoms with Crippen molar-refractivity contribution in [3.8, 4) is 0 Å². The Kier molecular flexibility index (Phi) is 3.94. The molecule has 1 aromatic rings. The van der Waals surface area contributed by atoms with Crippen LogP contribution in [-0.4, -0.2) is 17.0 Å². The summed E-state index contributed by atoms with van der Waals surface area (Å²) >= 11 is 7.65. The van der Waals surface area contributed by atoms with Crippen LogP contribution in [0, 0.1) is 11.7 Å². The number of anilines is 1. The fraction of sp³-hybridized carbons (Fsp3) is 0.417. The summed E-state index contributed by atoms with van der Waals surface area (Å²) in [6.45, 7) is 5.19. The number of halogens is 2. The van der Waals surface area contributed by atoms with Crippen LogP contribution >= 0.6 is 23.4 Å². The molecule has 1 atom stereocenters. The summed E-state index contributed by atoms with van der Waals surface area (Å²) in [5.41, 5.74) is 0.698. The van der Waals surface area contributed by atoms with Gasteiger partial charge in [-0.25, -0.2) is 4.39 Å². The Morgan fingerprint density at radius 3 is 2.88 bits per heavy atom. The number of aliphatic imine (C=N–C) groups is 1. The number of thioether (sulfide) groups is 1. The van der Waals surface area contributed by atoms with Crippen molar-refractivity contribution in [3.63, 3.8) is 0 Å². The first-order chi connectivity index (χ1) is 8.06. The van der Waals surface area contributed by atoms with Gasteiger partial charge in [-0.05, 0) is 24.1 Å². The van der Waals surface area contributed by atoms with Gasteiger partial charge < -0.3 is 5.32 Å². The summed E-state index contributed by atoms with van der Waals surface area (Å²) in [6.07, 6.45) is 0. The molecule has 0 saturated heterocycles. The number of rotatable bonds is 2. The molecule has 0 radical (unpaired) electrons. The Labute approximate surface area is 110 Å². The lowest BCUT2D eigenvalue weighted by Gasteiger charge is -2.12. The quantitative estimate of drug-likeness (QED) is 0.879. The van der Waals surface area contributed by atoms with Crippen molar-refractivity contribution in [2.75, 3.05) is 11.9 Å². The van der Waals surface area contributed by atoms with Crippen molar-refractivity contribution in [2.24, 2.45) is 10.9 Å². The van der Waals surface area contributed by atoms with E-state index in [-0.39, 0.29) is 5.82 Å². The standard InChI is InChI=1S/C12H14ClFN2S/c1-7(2)11-6-15-12(17-11)16-10-4-3-8(14)5-9(10)13/h3-5,7,11H,6H2,1-2H3,(H,15,16). The lowest BCUT2D eigenvalue weighted by molar-refractivity contribution is 0.621. The maximum Gasteiger partial charge on any atom is 0.161 e. The Hall–Kier alpha value is -0.740. The highest BCUT2D eigenvalue weighted by Gasteiger charge is 2.22. The second-order valence-corrected chi connectivity index (χ2v) is 5.93. The van der Waals surface area contributed by atoms with Crippen LogP contribution in [-0.2, 0) is 0 Å². The molecule has 0 spiro atoms. The minimum atomic E-state index is -0.332. The Bertz CT molecular complexity index is 448. The second-order valence-electron chi connectivity index (χ2n) is 4.30. The molecule has 0 fully saturated rings. The molecular weight excluding hydrogens is 259 g/mol. The van der Waals surface area contributed by atoms with Crippen molar-refractivity contribution in [2.45, 2.75) is 19.1 Å². The van der Waals surface area contributed by atoms with Crippen molar-refractivity contribution in [1.29, 1.82) is 0 Å². The van der Waals surface area contributed by atoms with E-state index in [9.17, 15) is 4.39 Å². The van der Waals surface area contributed by atoms with Crippen LogP contribution in [0.5, 0.6) is 0 Å². The third-order valence-electron chi connectivity index (χ3n) is 2.59. The molecule has 0 amide bonds.